The highest BCUT2D eigenvalue weighted by atomic mass is 14.9. The Morgan fingerprint density at radius 1 is 1.33 bits per heavy atom. The van der Waals surface area contributed by atoms with Crippen LogP contribution in [-0.2, 0) is 13.0 Å². The van der Waals surface area contributed by atoms with E-state index in [0.717, 1.165) is 18.5 Å². The maximum atomic E-state index is 3.71. The van der Waals surface area contributed by atoms with Crippen LogP contribution < -0.4 is 5.32 Å². The Bertz CT molecular complexity index is 350. The van der Waals surface area contributed by atoms with Gasteiger partial charge in [-0.25, -0.2) is 0 Å². The zero-order valence-electron chi connectivity index (χ0n) is 11.8. The van der Waals surface area contributed by atoms with E-state index in [1.165, 1.54) is 49.7 Å². The number of hydrogen-bond acceptors (Lipinski definition) is 1. The normalized spacial score (nSPS) is 16.6. The zero-order chi connectivity index (χ0) is 12.8. The fraction of sp³-hybridized carbons (Fsp3) is 0.647. The highest BCUT2D eigenvalue weighted by molar-refractivity contribution is 5.26. The van der Waals surface area contributed by atoms with E-state index in [1.54, 1.807) is 0 Å². The number of rotatable bonds is 6. The van der Waals surface area contributed by atoms with E-state index < -0.39 is 0 Å². The third-order valence-corrected chi connectivity index (χ3v) is 3.95. The molecule has 1 N–H and O–H groups in total. The van der Waals surface area contributed by atoms with Gasteiger partial charge in [0, 0.05) is 12.6 Å². The molecule has 1 fully saturated rings. The van der Waals surface area contributed by atoms with E-state index in [9.17, 15) is 0 Å². The van der Waals surface area contributed by atoms with Crippen LogP contribution in [0.2, 0.25) is 0 Å². The standard InChI is InChI=1S/C17H26N/c1-14(2)11-12-15-7-3-4-8-16(15)13-18-17-9-5-6-10-17/h3-4,8,14,17-18H,5-6,9-13H2,1-2H3. The van der Waals surface area contributed by atoms with E-state index in [-0.39, 0.29) is 0 Å². The van der Waals surface area contributed by atoms with Gasteiger partial charge in [-0.2, -0.15) is 0 Å². The topological polar surface area (TPSA) is 12.0 Å². The molecule has 0 saturated heterocycles. The maximum Gasteiger partial charge on any atom is 0.0211 e. The lowest BCUT2D eigenvalue weighted by Gasteiger charge is -2.15. The first-order chi connectivity index (χ1) is 8.75. The summed E-state index contributed by atoms with van der Waals surface area (Å²) < 4.78 is 0. The van der Waals surface area contributed by atoms with Gasteiger partial charge in [0.1, 0.15) is 0 Å². The van der Waals surface area contributed by atoms with Crippen LogP contribution in [0.25, 0.3) is 0 Å². The van der Waals surface area contributed by atoms with Crippen LogP contribution in [0.5, 0.6) is 0 Å². The molecule has 0 amide bonds. The molecule has 0 aliphatic heterocycles. The molecule has 1 heteroatoms. The van der Waals surface area contributed by atoms with Crippen molar-refractivity contribution >= 4 is 0 Å². The molecule has 1 nitrogen and oxygen atoms in total. The van der Waals surface area contributed by atoms with Crippen LogP contribution in [0, 0.1) is 12.0 Å². The summed E-state index contributed by atoms with van der Waals surface area (Å²) in [7, 11) is 0. The molecule has 1 aliphatic carbocycles. The molecule has 1 aliphatic rings. The molecule has 0 bridgehead atoms. The monoisotopic (exact) mass is 244 g/mol. The number of aryl methyl sites for hydroxylation is 1. The van der Waals surface area contributed by atoms with Crippen LogP contribution in [0.3, 0.4) is 0 Å². The summed E-state index contributed by atoms with van der Waals surface area (Å²) in [4.78, 5) is 0. The van der Waals surface area contributed by atoms with E-state index in [4.69, 9.17) is 0 Å². The molecule has 2 rings (SSSR count). The highest BCUT2D eigenvalue weighted by Gasteiger charge is 2.14. The molecule has 18 heavy (non-hydrogen) atoms. The van der Waals surface area contributed by atoms with Crippen LogP contribution in [-0.4, -0.2) is 6.04 Å². The Hall–Kier alpha value is -0.820. The third-order valence-electron chi connectivity index (χ3n) is 3.95. The van der Waals surface area contributed by atoms with E-state index >= 15 is 0 Å². The van der Waals surface area contributed by atoms with Crippen molar-refractivity contribution in [2.45, 2.75) is 65.0 Å². The van der Waals surface area contributed by atoms with Crippen molar-refractivity contribution in [2.24, 2.45) is 5.92 Å². The minimum Gasteiger partial charge on any atom is -0.310 e. The first-order valence-electron chi connectivity index (χ1n) is 7.47. The molecule has 1 aromatic rings. The number of hydrogen-bond donors (Lipinski definition) is 1. The fourth-order valence-corrected chi connectivity index (χ4v) is 2.72. The lowest BCUT2D eigenvalue weighted by Crippen LogP contribution is -2.25. The lowest BCUT2D eigenvalue weighted by atomic mass is 9.98. The Morgan fingerprint density at radius 2 is 2.11 bits per heavy atom. The molecule has 99 valence electrons. The number of nitrogens with one attached hydrogen (secondary N) is 1. The summed E-state index contributed by atoms with van der Waals surface area (Å²) in [6, 6.07) is 10.6. The van der Waals surface area contributed by atoms with Gasteiger partial charge in [-0.05, 0) is 48.8 Å². The van der Waals surface area contributed by atoms with Gasteiger partial charge < -0.3 is 5.32 Å². The van der Waals surface area contributed by atoms with Gasteiger partial charge in [0.15, 0.2) is 0 Å². The molecule has 1 radical (unpaired) electrons. The molecule has 0 unspecified atom stereocenters. The SMILES string of the molecule is CC(C)CCc1[c]cccc1CNC1CCCC1. The number of benzene rings is 1. The smallest absolute Gasteiger partial charge is 0.0211 e. The van der Waals surface area contributed by atoms with Gasteiger partial charge in [-0.3, -0.25) is 0 Å². The predicted molar refractivity (Wildman–Crippen MR) is 77.5 cm³/mol. The second-order valence-corrected chi connectivity index (χ2v) is 5.97. The summed E-state index contributed by atoms with van der Waals surface area (Å²) in [5, 5.41) is 3.71. The second kappa shape index (κ2) is 6.94. The average Bonchev–Trinajstić information content (AvgIpc) is 2.88. The average molecular weight is 244 g/mol. The lowest BCUT2D eigenvalue weighted by molar-refractivity contribution is 0.520. The van der Waals surface area contributed by atoms with Crippen molar-refractivity contribution in [3.05, 3.63) is 35.4 Å². The van der Waals surface area contributed by atoms with Gasteiger partial charge in [0.05, 0.1) is 0 Å². The Kier molecular flexibility index (Phi) is 5.25. The van der Waals surface area contributed by atoms with Crippen LogP contribution in [0.1, 0.15) is 57.1 Å². The first-order valence-corrected chi connectivity index (χ1v) is 7.47. The molecule has 0 heterocycles. The summed E-state index contributed by atoms with van der Waals surface area (Å²) in [5.41, 5.74) is 2.86. The predicted octanol–water partition coefficient (Wildman–Crippen LogP) is 4.11. The van der Waals surface area contributed by atoms with E-state index in [2.05, 4.69) is 43.4 Å². The van der Waals surface area contributed by atoms with Gasteiger partial charge in [-0.1, -0.05) is 44.9 Å². The zero-order valence-corrected chi connectivity index (χ0v) is 11.8. The van der Waals surface area contributed by atoms with Crippen molar-refractivity contribution in [3.63, 3.8) is 0 Å². The van der Waals surface area contributed by atoms with Crippen molar-refractivity contribution in [2.75, 3.05) is 0 Å². The van der Waals surface area contributed by atoms with Crippen LogP contribution in [0.15, 0.2) is 18.2 Å². The van der Waals surface area contributed by atoms with Gasteiger partial charge in [0.2, 0.25) is 0 Å². The van der Waals surface area contributed by atoms with Crippen molar-refractivity contribution in [3.8, 4) is 0 Å². The highest BCUT2D eigenvalue weighted by Crippen LogP contribution is 2.19. The Balaban J connectivity index is 1.89. The molecular formula is C17H26N. The Labute approximate surface area is 112 Å². The van der Waals surface area contributed by atoms with Crippen molar-refractivity contribution < 1.29 is 0 Å². The molecule has 1 aromatic carbocycles. The molecule has 0 atom stereocenters. The first kappa shape index (κ1) is 13.6. The van der Waals surface area contributed by atoms with Crippen molar-refractivity contribution in [1.29, 1.82) is 0 Å². The third kappa shape index (κ3) is 4.13. The van der Waals surface area contributed by atoms with Gasteiger partial charge >= 0.3 is 0 Å². The van der Waals surface area contributed by atoms with Crippen molar-refractivity contribution in [1.82, 2.24) is 5.32 Å². The molecule has 1 saturated carbocycles. The quantitative estimate of drug-likeness (QED) is 0.794. The fourth-order valence-electron chi connectivity index (χ4n) is 2.72. The Morgan fingerprint density at radius 3 is 2.83 bits per heavy atom. The maximum absolute atomic E-state index is 3.71. The summed E-state index contributed by atoms with van der Waals surface area (Å²) in [6.45, 7) is 5.61. The summed E-state index contributed by atoms with van der Waals surface area (Å²) >= 11 is 0. The van der Waals surface area contributed by atoms with Gasteiger partial charge in [-0.15, -0.1) is 0 Å². The van der Waals surface area contributed by atoms with E-state index in [0.29, 0.717) is 0 Å². The summed E-state index contributed by atoms with van der Waals surface area (Å²) in [6.07, 6.45) is 7.95. The molecule has 0 aromatic heterocycles. The second-order valence-electron chi connectivity index (χ2n) is 5.97. The molecule has 0 spiro atoms. The largest absolute Gasteiger partial charge is 0.310 e. The van der Waals surface area contributed by atoms with E-state index in [1.807, 2.05) is 0 Å². The molecular weight excluding hydrogens is 218 g/mol. The van der Waals surface area contributed by atoms with Gasteiger partial charge in [0.25, 0.3) is 0 Å². The van der Waals surface area contributed by atoms with Crippen LogP contribution in [0.4, 0.5) is 0 Å². The minimum atomic E-state index is 0.753. The summed E-state index contributed by atoms with van der Waals surface area (Å²) in [5.74, 6) is 0.772. The van der Waals surface area contributed by atoms with Crippen LogP contribution >= 0.6 is 0 Å². The minimum absolute atomic E-state index is 0.753.